The Balaban J connectivity index is 1.00. The Bertz CT molecular complexity index is 1810. The molecule has 9 heteroatoms. The maximum Gasteiger partial charge on any atom is 0.305 e. The molecule has 1 atom stereocenters. The lowest BCUT2D eigenvalue weighted by Gasteiger charge is -2.42. The van der Waals surface area contributed by atoms with Crippen molar-refractivity contribution in [3.05, 3.63) is 122 Å². The number of aryl methyl sites for hydroxylation is 1. The summed E-state index contributed by atoms with van der Waals surface area (Å²) >= 11 is 0.981. The Morgan fingerprint density at radius 2 is 1.67 bits per heavy atom. The van der Waals surface area contributed by atoms with Gasteiger partial charge in [-0.1, -0.05) is 72.0 Å². The van der Waals surface area contributed by atoms with Crippen LogP contribution in [0.15, 0.2) is 89.7 Å². The predicted molar refractivity (Wildman–Crippen MR) is 183 cm³/mol. The number of rotatable bonds is 12. The van der Waals surface area contributed by atoms with Crippen LogP contribution in [0.3, 0.4) is 0 Å². The van der Waals surface area contributed by atoms with Crippen molar-refractivity contribution in [1.82, 2.24) is 15.2 Å². The van der Waals surface area contributed by atoms with Crippen molar-refractivity contribution < 1.29 is 20.1 Å². The number of H-pyrrole nitrogens is 1. The smallest absolute Gasteiger partial charge is 0.305 e. The molecule has 4 aromatic carbocycles. The number of hydrogen-bond acceptors (Lipinski definition) is 8. The molecule has 0 amide bonds. The van der Waals surface area contributed by atoms with Crippen molar-refractivity contribution in [2.45, 2.75) is 43.7 Å². The highest BCUT2D eigenvalue weighted by atomic mass is 32.1. The minimum Gasteiger partial charge on any atom is -0.508 e. The summed E-state index contributed by atoms with van der Waals surface area (Å²) in [7, 11) is 2.16. The molecule has 0 spiro atoms. The third-order valence-corrected chi connectivity index (χ3v) is 10.1. The van der Waals surface area contributed by atoms with Crippen molar-refractivity contribution >= 4 is 21.6 Å². The summed E-state index contributed by atoms with van der Waals surface area (Å²) in [5.74, 6) is 1.17. The summed E-state index contributed by atoms with van der Waals surface area (Å²) in [6.45, 7) is 3.43. The number of aromatic hydroxyl groups is 2. The number of thiazole rings is 1. The monoisotopic (exact) mass is 639 g/mol. The van der Waals surface area contributed by atoms with E-state index in [9.17, 15) is 20.1 Å². The summed E-state index contributed by atoms with van der Waals surface area (Å²) in [5, 5.41) is 35.0. The second kappa shape index (κ2) is 14.1. The number of aliphatic hydroxyl groups excluding tert-OH is 1. The van der Waals surface area contributed by atoms with E-state index in [0.717, 1.165) is 67.0 Å². The number of benzene rings is 4. The van der Waals surface area contributed by atoms with E-state index in [4.69, 9.17) is 4.74 Å². The Morgan fingerprint density at radius 3 is 2.43 bits per heavy atom. The van der Waals surface area contributed by atoms with Crippen LogP contribution in [0.1, 0.15) is 53.2 Å². The summed E-state index contributed by atoms with van der Waals surface area (Å²) in [6.07, 6.45) is 2.83. The van der Waals surface area contributed by atoms with Gasteiger partial charge in [-0.2, -0.15) is 0 Å². The summed E-state index contributed by atoms with van der Waals surface area (Å²) in [4.78, 5) is 16.5. The van der Waals surface area contributed by atoms with Gasteiger partial charge in [-0.15, -0.1) is 0 Å². The molecule has 46 heavy (non-hydrogen) atoms. The van der Waals surface area contributed by atoms with Crippen LogP contribution in [0, 0.1) is 0 Å². The molecule has 240 valence electrons. The summed E-state index contributed by atoms with van der Waals surface area (Å²) in [5.41, 5.74) is 5.32. The van der Waals surface area contributed by atoms with Crippen LogP contribution in [0.4, 0.5) is 0 Å². The van der Waals surface area contributed by atoms with Crippen molar-refractivity contribution in [1.29, 1.82) is 0 Å². The van der Waals surface area contributed by atoms with Gasteiger partial charge < -0.3 is 35.3 Å². The van der Waals surface area contributed by atoms with Crippen LogP contribution >= 0.6 is 11.3 Å². The number of piperidine rings is 1. The lowest BCUT2D eigenvalue weighted by molar-refractivity contribution is 0.176. The molecule has 0 bridgehead atoms. The van der Waals surface area contributed by atoms with Crippen molar-refractivity contribution in [3.63, 3.8) is 0 Å². The second-order valence-corrected chi connectivity index (χ2v) is 13.2. The summed E-state index contributed by atoms with van der Waals surface area (Å²) < 4.78 is 6.61. The Labute approximate surface area is 272 Å². The number of phenolic OH excluding ortho intramolecular Hbond substituents is 2. The molecule has 1 saturated heterocycles. The van der Waals surface area contributed by atoms with Gasteiger partial charge in [0.2, 0.25) is 0 Å². The molecule has 0 unspecified atom stereocenters. The normalized spacial score (nSPS) is 15.6. The van der Waals surface area contributed by atoms with Gasteiger partial charge in [0.25, 0.3) is 0 Å². The fourth-order valence-electron chi connectivity index (χ4n) is 6.53. The predicted octanol–water partition coefficient (Wildman–Crippen LogP) is 5.85. The Hall–Kier alpha value is -4.15. The van der Waals surface area contributed by atoms with Crippen LogP contribution in [-0.4, -0.2) is 58.5 Å². The molecule has 0 aliphatic carbocycles. The first-order chi connectivity index (χ1) is 22.3. The zero-order valence-corrected chi connectivity index (χ0v) is 26.9. The van der Waals surface area contributed by atoms with Gasteiger partial charge in [0.15, 0.2) is 0 Å². The lowest BCUT2D eigenvalue weighted by atomic mass is 9.67. The number of nitrogens with one attached hydrogen (secondary N) is 2. The second-order valence-electron chi connectivity index (χ2n) is 12.2. The van der Waals surface area contributed by atoms with Gasteiger partial charge in [-0.05, 0) is 86.8 Å². The van der Waals surface area contributed by atoms with Crippen LogP contribution in [0.2, 0.25) is 0 Å². The van der Waals surface area contributed by atoms with Crippen LogP contribution in [0.5, 0.6) is 17.2 Å². The molecular formula is C37H41N3O5S. The van der Waals surface area contributed by atoms with Crippen molar-refractivity contribution in [2.75, 3.05) is 33.3 Å². The quantitative estimate of drug-likeness (QED) is 0.109. The lowest BCUT2D eigenvalue weighted by Crippen LogP contribution is -2.41. The van der Waals surface area contributed by atoms with E-state index in [1.807, 2.05) is 42.5 Å². The Kier molecular flexibility index (Phi) is 9.75. The van der Waals surface area contributed by atoms with Gasteiger partial charge >= 0.3 is 4.87 Å². The van der Waals surface area contributed by atoms with E-state index in [1.165, 1.54) is 17.2 Å². The van der Waals surface area contributed by atoms with E-state index in [2.05, 4.69) is 52.6 Å². The highest BCUT2D eigenvalue weighted by Gasteiger charge is 2.39. The molecule has 1 aliphatic heterocycles. The van der Waals surface area contributed by atoms with Gasteiger partial charge in [-0.25, -0.2) is 0 Å². The first-order valence-electron chi connectivity index (χ1n) is 15.8. The molecule has 0 radical (unpaired) electrons. The first-order valence-corrected chi connectivity index (χ1v) is 16.7. The molecule has 1 fully saturated rings. The van der Waals surface area contributed by atoms with E-state index < -0.39 is 6.10 Å². The minimum atomic E-state index is -0.824. The molecule has 5 N–H and O–H groups in total. The minimum absolute atomic E-state index is 0.00572. The number of ether oxygens (including phenoxy) is 1. The first kappa shape index (κ1) is 31.8. The third-order valence-electron chi connectivity index (χ3n) is 9.16. The number of aromatic nitrogens is 1. The van der Waals surface area contributed by atoms with Crippen molar-refractivity contribution in [2.24, 2.45) is 0 Å². The number of aromatic amines is 1. The molecule has 1 aromatic heterocycles. The molecule has 0 saturated carbocycles. The largest absolute Gasteiger partial charge is 0.508 e. The molecular weight excluding hydrogens is 598 g/mol. The van der Waals surface area contributed by atoms with E-state index in [0.29, 0.717) is 41.2 Å². The summed E-state index contributed by atoms with van der Waals surface area (Å²) in [6, 6.07) is 27.8. The van der Waals surface area contributed by atoms with Gasteiger partial charge in [0.05, 0.1) is 17.4 Å². The van der Waals surface area contributed by atoms with Gasteiger partial charge in [0.1, 0.15) is 22.8 Å². The van der Waals surface area contributed by atoms with E-state index in [-0.39, 0.29) is 16.0 Å². The zero-order chi connectivity index (χ0) is 32.1. The maximum atomic E-state index is 11.8. The molecule has 8 nitrogen and oxygen atoms in total. The number of aliphatic hydroxyl groups is 1. The zero-order valence-electron chi connectivity index (χ0n) is 26.0. The molecule has 6 rings (SSSR count). The highest BCUT2D eigenvalue weighted by molar-refractivity contribution is 7.16. The Morgan fingerprint density at radius 1 is 0.957 bits per heavy atom. The van der Waals surface area contributed by atoms with Gasteiger partial charge in [-0.3, -0.25) is 4.79 Å². The molecule has 1 aliphatic rings. The van der Waals surface area contributed by atoms with Crippen LogP contribution in [0.25, 0.3) is 10.2 Å². The average molecular weight is 640 g/mol. The van der Waals surface area contributed by atoms with Crippen molar-refractivity contribution in [3.8, 4) is 17.2 Å². The average Bonchev–Trinajstić information content (AvgIpc) is 3.48. The number of nitrogens with zero attached hydrogens (tertiary/aromatic N) is 1. The number of likely N-dealkylation sites (tertiary alicyclic amines) is 1. The van der Waals surface area contributed by atoms with Gasteiger partial charge in [0, 0.05) is 29.6 Å². The number of fused-ring (bicyclic) bond motifs is 1. The topological polar surface area (TPSA) is 118 Å². The van der Waals surface area contributed by atoms with E-state index >= 15 is 0 Å². The molecule has 5 aromatic rings. The number of hydrogen-bond donors (Lipinski definition) is 5. The molecule has 2 heterocycles. The highest BCUT2D eigenvalue weighted by Crippen LogP contribution is 2.45. The van der Waals surface area contributed by atoms with E-state index in [1.54, 1.807) is 6.07 Å². The fourth-order valence-corrected chi connectivity index (χ4v) is 7.45. The third kappa shape index (κ3) is 6.98. The van der Waals surface area contributed by atoms with Crippen LogP contribution < -0.4 is 14.9 Å². The fraction of sp³-hybridized carbons (Fsp3) is 0.324. The maximum absolute atomic E-state index is 11.8. The van der Waals surface area contributed by atoms with Crippen LogP contribution in [-0.2, 0) is 18.4 Å². The standard InChI is InChI=1S/C37H41N3O5S/c1-40-19-17-37(18-20-40,27-7-3-2-4-8-27)30-22-25(11-15-31(30)41)6-5-21-45-28-12-9-26(10-13-28)23-38-24-33(43)29-14-16-32(42)34-35(29)46-36(44)39-34/h2-4,7-16,22,33,38,41-43H,5-6,17-21,23-24H2,1H3,(H,39,44)/t33-/m0/s1. The number of phenols is 2. The SMILES string of the molecule is CN1CCC(c2ccccc2)(c2cc(CCCOc3ccc(CNC[C@H](O)c4ccc(O)c5[nH]c(=O)sc45)cc3)ccc2O)CC1.